The second kappa shape index (κ2) is 6.24. The summed E-state index contributed by atoms with van der Waals surface area (Å²) < 4.78 is 6.83. The molecule has 3 heteroatoms. The lowest BCUT2D eigenvalue weighted by atomic mass is 10.2. The highest BCUT2D eigenvalue weighted by atomic mass is 127. The molecule has 14 heavy (non-hydrogen) atoms. The average molecular weight is 305 g/mol. The SMILES string of the molecule is CNCCCOc1ccc(C)cc1I. The van der Waals surface area contributed by atoms with Crippen molar-refractivity contribution in [1.29, 1.82) is 0 Å². The van der Waals surface area contributed by atoms with E-state index >= 15 is 0 Å². The molecule has 0 amide bonds. The summed E-state index contributed by atoms with van der Waals surface area (Å²) in [5, 5.41) is 3.10. The van der Waals surface area contributed by atoms with Gasteiger partial charge in [-0.15, -0.1) is 0 Å². The van der Waals surface area contributed by atoms with Gasteiger partial charge in [0, 0.05) is 0 Å². The van der Waals surface area contributed by atoms with Crippen molar-refractivity contribution >= 4 is 22.6 Å². The first-order valence-corrected chi connectivity index (χ1v) is 5.85. The summed E-state index contributed by atoms with van der Waals surface area (Å²) in [4.78, 5) is 0. The van der Waals surface area contributed by atoms with Crippen molar-refractivity contribution < 1.29 is 4.74 Å². The lowest BCUT2D eigenvalue weighted by Gasteiger charge is -2.08. The fourth-order valence-corrected chi connectivity index (χ4v) is 1.98. The summed E-state index contributed by atoms with van der Waals surface area (Å²) >= 11 is 2.31. The van der Waals surface area contributed by atoms with E-state index in [0.717, 1.165) is 25.3 Å². The molecule has 0 radical (unpaired) electrons. The standard InChI is InChI=1S/C11H16INO/c1-9-4-5-11(10(12)8-9)14-7-3-6-13-2/h4-5,8,13H,3,6-7H2,1-2H3. The minimum atomic E-state index is 0.778. The van der Waals surface area contributed by atoms with Crippen LogP contribution in [0, 0.1) is 10.5 Å². The van der Waals surface area contributed by atoms with E-state index in [1.165, 1.54) is 9.13 Å². The molecule has 0 unspecified atom stereocenters. The van der Waals surface area contributed by atoms with Crippen LogP contribution in [-0.4, -0.2) is 20.2 Å². The Morgan fingerprint density at radius 1 is 1.43 bits per heavy atom. The minimum absolute atomic E-state index is 0.778. The normalized spacial score (nSPS) is 10.2. The number of hydrogen-bond acceptors (Lipinski definition) is 2. The van der Waals surface area contributed by atoms with Gasteiger partial charge < -0.3 is 10.1 Å². The highest BCUT2D eigenvalue weighted by Gasteiger charge is 1.99. The Balaban J connectivity index is 2.42. The largest absolute Gasteiger partial charge is 0.492 e. The predicted octanol–water partition coefficient (Wildman–Crippen LogP) is 2.59. The van der Waals surface area contributed by atoms with Gasteiger partial charge in [0.15, 0.2) is 0 Å². The molecule has 0 saturated heterocycles. The lowest BCUT2D eigenvalue weighted by molar-refractivity contribution is 0.307. The monoisotopic (exact) mass is 305 g/mol. The van der Waals surface area contributed by atoms with Crippen LogP contribution >= 0.6 is 22.6 Å². The summed E-state index contributed by atoms with van der Waals surface area (Å²) in [5.74, 6) is 0.993. The van der Waals surface area contributed by atoms with Crippen LogP contribution in [-0.2, 0) is 0 Å². The van der Waals surface area contributed by atoms with Gasteiger partial charge in [0.05, 0.1) is 10.2 Å². The van der Waals surface area contributed by atoms with E-state index in [1.54, 1.807) is 0 Å². The van der Waals surface area contributed by atoms with Crippen molar-refractivity contribution in [2.24, 2.45) is 0 Å². The average Bonchev–Trinajstić information content (AvgIpc) is 2.15. The van der Waals surface area contributed by atoms with Crippen LogP contribution in [0.4, 0.5) is 0 Å². The van der Waals surface area contributed by atoms with Gasteiger partial charge >= 0.3 is 0 Å². The number of aryl methyl sites for hydroxylation is 1. The number of halogens is 1. The second-order valence-corrected chi connectivity index (χ2v) is 4.40. The molecule has 0 bridgehead atoms. The van der Waals surface area contributed by atoms with Crippen molar-refractivity contribution in [2.45, 2.75) is 13.3 Å². The van der Waals surface area contributed by atoms with Gasteiger partial charge in [-0.3, -0.25) is 0 Å². The van der Waals surface area contributed by atoms with Gasteiger partial charge in [-0.05, 0) is 67.2 Å². The fourth-order valence-electron chi connectivity index (χ4n) is 1.15. The van der Waals surface area contributed by atoms with Crippen LogP contribution in [0.15, 0.2) is 18.2 Å². The first-order chi connectivity index (χ1) is 6.74. The predicted molar refractivity (Wildman–Crippen MR) is 67.9 cm³/mol. The molecule has 1 N–H and O–H groups in total. The summed E-state index contributed by atoms with van der Waals surface area (Å²) in [6.07, 6.45) is 1.04. The van der Waals surface area contributed by atoms with Crippen molar-refractivity contribution in [2.75, 3.05) is 20.2 Å². The van der Waals surface area contributed by atoms with Crippen LogP contribution in [0.3, 0.4) is 0 Å². The molecule has 0 spiro atoms. The zero-order chi connectivity index (χ0) is 10.4. The maximum atomic E-state index is 5.65. The summed E-state index contributed by atoms with van der Waals surface area (Å²) in [7, 11) is 1.95. The molecule has 1 aromatic carbocycles. The van der Waals surface area contributed by atoms with Crippen molar-refractivity contribution in [3.05, 3.63) is 27.3 Å². The Kier molecular flexibility index (Phi) is 5.25. The molecule has 0 aromatic heterocycles. The van der Waals surface area contributed by atoms with Crippen molar-refractivity contribution in [3.8, 4) is 5.75 Å². The number of hydrogen-bond donors (Lipinski definition) is 1. The van der Waals surface area contributed by atoms with Crippen molar-refractivity contribution in [3.63, 3.8) is 0 Å². The first kappa shape index (κ1) is 11.8. The van der Waals surface area contributed by atoms with Crippen LogP contribution in [0.25, 0.3) is 0 Å². The summed E-state index contributed by atoms with van der Waals surface area (Å²) in [6.45, 7) is 3.87. The van der Waals surface area contributed by atoms with E-state index in [1.807, 2.05) is 13.1 Å². The molecular weight excluding hydrogens is 289 g/mol. The highest BCUT2D eigenvalue weighted by molar-refractivity contribution is 14.1. The Hall–Kier alpha value is -0.290. The molecule has 78 valence electrons. The molecule has 0 aliphatic carbocycles. The Morgan fingerprint density at radius 2 is 2.21 bits per heavy atom. The van der Waals surface area contributed by atoms with Crippen LogP contribution < -0.4 is 10.1 Å². The number of ether oxygens (including phenoxy) is 1. The number of benzene rings is 1. The molecule has 0 heterocycles. The summed E-state index contributed by atoms with van der Waals surface area (Å²) in [5.41, 5.74) is 1.27. The molecule has 0 aliphatic heterocycles. The number of nitrogens with one attached hydrogen (secondary N) is 1. The molecule has 0 aliphatic rings. The van der Waals surface area contributed by atoms with Gasteiger partial charge in [0.1, 0.15) is 5.75 Å². The van der Waals surface area contributed by atoms with E-state index < -0.39 is 0 Å². The lowest BCUT2D eigenvalue weighted by Crippen LogP contribution is -2.11. The third kappa shape index (κ3) is 3.84. The van der Waals surface area contributed by atoms with Gasteiger partial charge in [-0.2, -0.15) is 0 Å². The zero-order valence-electron chi connectivity index (χ0n) is 8.64. The molecule has 1 rings (SSSR count). The van der Waals surface area contributed by atoms with Gasteiger partial charge in [-0.25, -0.2) is 0 Å². The molecular formula is C11H16INO. The second-order valence-electron chi connectivity index (χ2n) is 3.24. The third-order valence-electron chi connectivity index (χ3n) is 1.92. The maximum absolute atomic E-state index is 5.65. The third-order valence-corrected chi connectivity index (χ3v) is 2.76. The Labute approximate surface area is 99.2 Å². The van der Waals surface area contributed by atoms with Gasteiger partial charge in [0.25, 0.3) is 0 Å². The summed E-state index contributed by atoms with van der Waals surface area (Å²) in [6, 6.07) is 6.25. The van der Waals surface area contributed by atoms with E-state index in [4.69, 9.17) is 4.74 Å². The molecule has 1 aromatic rings. The van der Waals surface area contributed by atoms with Crippen LogP contribution in [0.1, 0.15) is 12.0 Å². The van der Waals surface area contributed by atoms with E-state index in [-0.39, 0.29) is 0 Å². The smallest absolute Gasteiger partial charge is 0.132 e. The molecule has 0 atom stereocenters. The van der Waals surface area contributed by atoms with E-state index in [0.29, 0.717) is 0 Å². The Bertz CT molecular complexity index is 289. The molecule has 2 nitrogen and oxygen atoms in total. The van der Waals surface area contributed by atoms with Gasteiger partial charge in [0.2, 0.25) is 0 Å². The Morgan fingerprint density at radius 3 is 2.86 bits per heavy atom. The van der Waals surface area contributed by atoms with Crippen LogP contribution in [0.2, 0.25) is 0 Å². The zero-order valence-corrected chi connectivity index (χ0v) is 10.8. The highest BCUT2D eigenvalue weighted by Crippen LogP contribution is 2.21. The number of rotatable bonds is 5. The van der Waals surface area contributed by atoms with Crippen LogP contribution in [0.5, 0.6) is 5.75 Å². The minimum Gasteiger partial charge on any atom is -0.492 e. The fraction of sp³-hybridized carbons (Fsp3) is 0.455. The molecule has 0 fully saturated rings. The van der Waals surface area contributed by atoms with Gasteiger partial charge in [-0.1, -0.05) is 6.07 Å². The van der Waals surface area contributed by atoms with E-state index in [2.05, 4.69) is 47.0 Å². The molecule has 0 saturated carbocycles. The maximum Gasteiger partial charge on any atom is 0.132 e. The van der Waals surface area contributed by atoms with E-state index in [9.17, 15) is 0 Å². The van der Waals surface area contributed by atoms with Crippen molar-refractivity contribution in [1.82, 2.24) is 5.32 Å². The quantitative estimate of drug-likeness (QED) is 0.667. The first-order valence-electron chi connectivity index (χ1n) is 4.77. The topological polar surface area (TPSA) is 21.3 Å².